The van der Waals surface area contributed by atoms with Crippen molar-refractivity contribution in [1.82, 2.24) is 0 Å². The minimum Gasteiger partial charge on any atom is -0.493 e. The molecule has 0 aromatic heterocycles. The topological polar surface area (TPSA) is 35.5 Å². The van der Waals surface area contributed by atoms with Crippen LogP contribution < -0.4 is 4.74 Å². The van der Waals surface area contributed by atoms with Gasteiger partial charge in [0.25, 0.3) is 0 Å². The van der Waals surface area contributed by atoms with Crippen LogP contribution in [0.2, 0.25) is 0 Å². The summed E-state index contributed by atoms with van der Waals surface area (Å²) in [5, 5.41) is 0. The lowest BCUT2D eigenvalue weighted by Gasteiger charge is -2.10. The van der Waals surface area contributed by atoms with Crippen molar-refractivity contribution in [2.75, 3.05) is 13.7 Å². The normalized spacial score (nSPS) is 10.2. The van der Waals surface area contributed by atoms with Crippen LogP contribution in [-0.2, 0) is 4.74 Å². The highest BCUT2D eigenvalue weighted by Crippen LogP contribution is 2.29. The minimum atomic E-state index is -0.359. The van der Waals surface area contributed by atoms with Crippen molar-refractivity contribution in [3.8, 4) is 16.9 Å². The van der Waals surface area contributed by atoms with Gasteiger partial charge in [-0.05, 0) is 29.7 Å². The molecule has 0 saturated heterocycles. The lowest BCUT2D eigenvalue weighted by atomic mass is 9.95. The van der Waals surface area contributed by atoms with E-state index in [1.807, 2.05) is 6.07 Å². The Labute approximate surface area is 125 Å². The van der Waals surface area contributed by atoms with E-state index >= 15 is 0 Å². The second-order valence-electron chi connectivity index (χ2n) is 4.77. The number of unbranched alkanes of at least 4 members (excludes halogenated alkanes) is 1. The molecule has 0 radical (unpaired) electrons. The smallest absolute Gasteiger partial charge is 0.341 e. The molecule has 0 bridgehead atoms. The maximum absolute atomic E-state index is 11.4. The second kappa shape index (κ2) is 7.48. The standard InChI is InChI=1S/C12H16O3.C6H4/c1-3-4-9-15-11-8-6-5-7-10(11)12(13)14-2;1-2-6-4-3-5(1)6/h5-8H,3-4,9H2,1-2H3;1-4H. The second-order valence-corrected chi connectivity index (χ2v) is 4.77. The average molecular weight is 284 g/mol. The SMILES string of the molecule is CCCCOc1ccccc1C(=O)OC.c1cc2ccc1-2. The van der Waals surface area contributed by atoms with Crippen LogP contribution >= 0.6 is 0 Å². The molecule has 1 aromatic rings. The van der Waals surface area contributed by atoms with Gasteiger partial charge in [-0.2, -0.15) is 0 Å². The summed E-state index contributed by atoms with van der Waals surface area (Å²) in [6.45, 7) is 2.72. The molecule has 3 heteroatoms. The van der Waals surface area contributed by atoms with Crippen molar-refractivity contribution in [3.63, 3.8) is 0 Å². The molecule has 110 valence electrons. The van der Waals surface area contributed by atoms with Crippen LogP contribution in [0.3, 0.4) is 0 Å². The number of ether oxygens (including phenoxy) is 2. The third-order valence-corrected chi connectivity index (χ3v) is 3.27. The maximum Gasteiger partial charge on any atom is 0.341 e. The summed E-state index contributed by atoms with van der Waals surface area (Å²) in [7, 11) is 1.37. The van der Waals surface area contributed by atoms with E-state index < -0.39 is 0 Å². The third-order valence-electron chi connectivity index (χ3n) is 3.27. The monoisotopic (exact) mass is 284 g/mol. The lowest BCUT2D eigenvalue weighted by Crippen LogP contribution is -2.06. The largest absolute Gasteiger partial charge is 0.493 e. The number of rotatable bonds is 5. The summed E-state index contributed by atoms with van der Waals surface area (Å²) in [6.07, 6.45) is 2.05. The van der Waals surface area contributed by atoms with Crippen LogP contribution in [0.15, 0.2) is 48.5 Å². The number of fused-ring (bicyclic) bond motifs is 1. The van der Waals surface area contributed by atoms with E-state index in [4.69, 9.17) is 4.74 Å². The van der Waals surface area contributed by atoms with Crippen LogP contribution in [0, 0.1) is 0 Å². The predicted molar refractivity (Wildman–Crippen MR) is 83.6 cm³/mol. The first-order valence-electron chi connectivity index (χ1n) is 7.17. The molecule has 0 heterocycles. The van der Waals surface area contributed by atoms with Gasteiger partial charge in [0, 0.05) is 0 Å². The van der Waals surface area contributed by atoms with Crippen LogP contribution in [0.25, 0.3) is 11.1 Å². The Kier molecular flexibility index (Phi) is 5.38. The quantitative estimate of drug-likeness (QED) is 0.517. The molecule has 0 aliphatic heterocycles. The van der Waals surface area contributed by atoms with E-state index in [0.29, 0.717) is 17.9 Å². The molecule has 0 spiro atoms. The molecule has 0 atom stereocenters. The molecule has 3 rings (SSSR count). The first kappa shape index (κ1) is 15.1. The number of benzene rings is 2. The summed E-state index contributed by atoms with van der Waals surface area (Å²) in [6, 6.07) is 15.6. The number of hydrogen-bond acceptors (Lipinski definition) is 3. The fraction of sp³-hybridized carbons (Fsp3) is 0.278. The van der Waals surface area contributed by atoms with Gasteiger partial charge in [-0.15, -0.1) is 0 Å². The molecule has 0 fully saturated rings. The molecule has 0 N–H and O–H groups in total. The highest BCUT2D eigenvalue weighted by Gasteiger charge is 2.11. The Morgan fingerprint density at radius 2 is 1.62 bits per heavy atom. The molecule has 3 nitrogen and oxygen atoms in total. The number of hydrogen-bond donors (Lipinski definition) is 0. The van der Waals surface area contributed by atoms with Gasteiger partial charge in [-0.25, -0.2) is 4.79 Å². The molecule has 2 aliphatic carbocycles. The highest BCUT2D eigenvalue weighted by atomic mass is 16.5. The fourth-order valence-corrected chi connectivity index (χ4v) is 1.86. The summed E-state index contributed by atoms with van der Waals surface area (Å²) in [5.41, 5.74) is 3.33. The number of methoxy groups -OCH3 is 1. The van der Waals surface area contributed by atoms with E-state index in [0.717, 1.165) is 12.8 Å². The zero-order valence-electron chi connectivity index (χ0n) is 12.5. The Balaban J connectivity index is 0.000000218. The van der Waals surface area contributed by atoms with E-state index in [1.54, 1.807) is 18.2 Å². The van der Waals surface area contributed by atoms with Gasteiger partial charge in [0.15, 0.2) is 0 Å². The summed E-state index contributed by atoms with van der Waals surface area (Å²) in [5.74, 6) is 0.236. The molecular formula is C18H20O3. The number of esters is 1. The Hall–Kier alpha value is -2.29. The molecule has 0 saturated carbocycles. The molecule has 0 unspecified atom stereocenters. The zero-order chi connectivity index (χ0) is 15.1. The molecule has 2 aliphatic rings. The van der Waals surface area contributed by atoms with Gasteiger partial charge in [-0.1, -0.05) is 49.7 Å². The first-order valence-corrected chi connectivity index (χ1v) is 7.17. The third kappa shape index (κ3) is 3.85. The van der Waals surface area contributed by atoms with Crippen molar-refractivity contribution < 1.29 is 14.3 Å². The van der Waals surface area contributed by atoms with Gasteiger partial charge in [0.1, 0.15) is 11.3 Å². The Bertz CT molecular complexity index is 567. The van der Waals surface area contributed by atoms with Crippen molar-refractivity contribution in [2.45, 2.75) is 19.8 Å². The first-order chi connectivity index (χ1) is 10.3. The Morgan fingerprint density at radius 1 is 1.00 bits per heavy atom. The van der Waals surface area contributed by atoms with Crippen molar-refractivity contribution in [1.29, 1.82) is 0 Å². The van der Waals surface area contributed by atoms with Crippen LogP contribution in [0.5, 0.6) is 5.75 Å². The molecule has 1 aromatic carbocycles. The van der Waals surface area contributed by atoms with Gasteiger partial charge in [-0.3, -0.25) is 0 Å². The van der Waals surface area contributed by atoms with E-state index in [1.165, 1.54) is 18.2 Å². The number of carbonyl (C=O) groups excluding carboxylic acids is 1. The minimum absolute atomic E-state index is 0.359. The van der Waals surface area contributed by atoms with Crippen molar-refractivity contribution in [2.24, 2.45) is 0 Å². The fourth-order valence-electron chi connectivity index (χ4n) is 1.86. The zero-order valence-corrected chi connectivity index (χ0v) is 12.5. The average Bonchev–Trinajstić information content (AvgIpc) is 2.51. The lowest BCUT2D eigenvalue weighted by molar-refractivity contribution is 0.0596. The van der Waals surface area contributed by atoms with Crippen molar-refractivity contribution in [3.05, 3.63) is 54.1 Å². The van der Waals surface area contributed by atoms with Crippen LogP contribution in [0.4, 0.5) is 0 Å². The number of carbonyl (C=O) groups is 1. The van der Waals surface area contributed by atoms with Gasteiger partial charge < -0.3 is 9.47 Å². The molecular weight excluding hydrogens is 264 g/mol. The molecule has 0 amide bonds. The highest BCUT2D eigenvalue weighted by molar-refractivity contribution is 5.92. The number of para-hydroxylation sites is 1. The van der Waals surface area contributed by atoms with Gasteiger partial charge in [0.2, 0.25) is 0 Å². The van der Waals surface area contributed by atoms with Crippen LogP contribution in [0.1, 0.15) is 30.1 Å². The van der Waals surface area contributed by atoms with E-state index in [9.17, 15) is 4.79 Å². The van der Waals surface area contributed by atoms with E-state index in [2.05, 4.69) is 35.9 Å². The van der Waals surface area contributed by atoms with Crippen molar-refractivity contribution >= 4 is 5.97 Å². The van der Waals surface area contributed by atoms with Gasteiger partial charge >= 0.3 is 5.97 Å². The summed E-state index contributed by atoms with van der Waals surface area (Å²) < 4.78 is 10.2. The maximum atomic E-state index is 11.4. The summed E-state index contributed by atoms with van der Waals surface area (Å²) >= 11 is 0. The molecule has 21 heavy (non-hydrogen) atoms. The van der Waals surface area contributed by atoms with E-state index in [-0.39, 0.29) is 5.97 Å². The van der Waals surface area contributed by atoms with Gasteiger partial charge in [0.05, 0.1) is 13.7 Å². The summed E-state index contributed by atoms with van der Waals surface area (Å²) in [4.78, 5) is 11.4. The van der Waals surface area contributed by atoms with Crippen LogP contribution in [-0.4, -0.2) is 19.7 Å². The Morgan fingerprint density at radius 3 is 2.10 bits per heavy atom. The predicted octanol–water partition coefficient (Wildman–Crippen LogP) is 4.32.